The molecule has 0 aromatic carbocycles. The van der Waals surface area contributed by atoms with E-state index >= 15 is 0 Å². The second kappa shape index (κ2) is 6.58. The van der Waals surface area contributed by atoms with E-state index in [2.05, 4.69) is 39.8 Å². The van der Waals surface area contributed by atoms with E-state index in [1.807, 2.05) is 13.8 Å². The first-order chi connectivity index (χ1) is 15.2. The Balaban J connectivity index is 1.64. The number of hydrogen-bond acceptors (Lipinski definition) is 3. The van der Waals surface area contributed by atoms with Crippen molar-refractivity contribution in [3.8, 4) is 0 Å². The van der Waals surface area contributed by atoms with E-state index in [-0.39, 0.29) is 39.1 Å². The van der Waals surface area contributed by atoms with Crippen LogP contribution >= 0.6 is 0 Å². The van der Waals surface area contributed by atoms with Gasteiger partial charge in [-0.1, -0.05) is 52.3 Å². The lowest BCUT2D eigenvalue weighted by Crippen LogP contribution is -2.62. The van der Waals surface area contributed by atoms with Gasteiger partial charge in [0.15, 0.2) is 0 Å². The predicted molar refractivity (Wildman–Crippen MR) is 127 cm³/mol. The maximum absolute atomic E-state index is 12.5. The molecule has 3 saturated carbocycles. The van der Waals surface area contributed by atoms with E-state index < -0.39 is 11.4 Å². The van der Waals surface area contributed by atoms with Crippen molar-refractivity contribution in [1.29, 1.82) is 0 Å². The lowest BCUT2D eigenvalue weighted by Gasteiger charge is -2.70. The highest BCUT2D eigenvalue weighted by atomic mass is 16.4. The molecule has 4 heteroatoms. The molecule has 4 nitrogen and oxygen atoms in total. The minimum atomic E-state index is -0.658. The molecule has 178 valence electrons. The van der Waals surface area contributed by atoms with Crippen molar-refractivity contribution in [3.05, 3.63) is 34.9 Å². The second-order valence-corrected chi connectivity index (χ2v) is 13.1. The molecule has 1 N–H and O–H groups in total. The van der Waals surface area contributed by atoms with Gasteiger partial charge in [0, 0.05) is 11.3 Å². The van der Waals surface area contributed by atoms with Gasteiger partial charge in [-0.25, -0.2) is 0 Å². The zero-order valence-corrected chi connectivity index (χ0v) is 21.0. The van der Waals surface area contributed by atoms with Gasteiger partial charge in [0.25, 0.3) is 0 Å². The molecule has 5 aliphatic rings. The number of ketones is 2. The smallest absolute Gasteiger partial charge is 0.309 e. The van der Waals surface area contributed by atoms with Crippen LogP contribution in [0.4, 0.5) is 0 Å². The van der Waals surface area contributed by atoms with Crippen LogP contribution < -0.4 is 0 Å². The molecule has 7 atom stereocenters. The van der Waals surface area contributed by atoms with Crippen molar-refractivity contribution in [2.45, 2.75) is 86.5 Å². The standard InChI is InChI=1S/C29H38O4/c1-17-18-7-8-21-27(4,19(18)15-20(30)23(17)31)12-14-29(6)22-16-26(3,24(32)33)10-9-25(22,2)11-13-28(21,29)5/h7-8,15,17,22H,9-14,16H2,1-6H3,(H,32,33). The van der Waals surface area contributed by atoms with Crippen LogP contribution in [0.2, 0.25) is 0 Å². The van der Waals surface area contributed by atoms with E-state index in [1.165, 1.54) is 5.57 Å². The molecular weight excluding hydrogens is 412 g/mol. The number of hydrogen-bond donors (Lipinski definition) is 1. The summed E-state index contributed by atoms with van der Waals surface area (Å²) in [5.41, 5.74) is 2.64. The summed E-state index contributed by atoms with van der Waals surface area (Å²) in [5, 5.41) is 10.1. The van der Waals surface area contributed by atoms with E-state index in [4.69, 9.17) is 0 Å². The topological polar surface area (TPSA) is 71.4 Å². The number of allylic oxidation sites excluding steroid dienone is 6. The Kier molecular flexibility index (Phi) is 4.55. The average Bonchev–Trinajstić information content (AvgIpc) is 2.75. The van der Waals surface area contributed by atoms with E-state index in [1.54, 1.807) is 6.08 Å². The Morgan fingerprint density at radius 3 is 2.27 bits per heavy atom. The fraction of sp³-hybridized carbons (Fsp3) is 0.690. The fourth-order valence-electron chi connectivity index (χ4n) is 8.78. The molecule has 0 aliphatic heterocycles. The number of carbonyl (C=O) groups is 3. The van der Waals surface area contributed by atoms with Crippen molar-refractivity contribution in [3.63, 3.8) is 0 Å². The summed E-state index contributed by atoms with van der Waals surface area (Å²) in [4.78, 5) is 37.2. The van der Waals surface area contributed by atoms with E-state index in [0.29, 0.717) is 5.92 Å². The molecule has 3 fully saturated rings. The summed E-state index contributed by atoms with van der Waals surface area (Å²) in [5.74, 6) is -1.36. The summed E-state index contributed by atoms with van der Waals surface area (Å²) >= 11 is 0. The van der Waals surface area contributed by atoms with Gasteiger partial charge in [0.05, 0.1) is 5.41 Å². The average molecular weight is 451 g/mol. The molecule has 5 rings (SSSR count). The fourth-order valence-corrected chi connectivity index (χ4v) is 8.78. The van der Waals surface area contributed by atoms with Crippen molar-refractivity contribution in [1.82, 2.24) is 0 Å². The van der Waals surface area contributed by atoms with Gasteiger partial charge < -0.3 is 5.11 Å². The highest BCUT2D eigenvalue weighted by Gasteiger charge is 2.67. The van der Waals surface area contributed by atoms with E-state index in [9.17, 15) is 19.5 Å². The van der Waals surface area contributed by atoms with Crippen LogP contribution in [0.5, 0.6) is 0 Å². The van der Waals surface area contributed by atoms with Crippen LogP contribution in [0.3, 0.4) is 0 Å². The number of fused-ring (bicyclic) bond motifs is 7. The molecular formula is C29H38O4. The molecule has 7 unspecified atom stereocenters. The molecule has 0 spiro atoms. The highest BCUT2D eigenvalue weighted by molar-refractivity contribution is 6.44. The summed E-state index contributed by atoms with van der Waals surface area (Å²) < 4.78 is 0. The van der Waals surface area contributed by atoms with Crippen molar-refractivity contribution in [2.24, 2.45) is 38.9 Å². The molecule has 0 saturated heterocycles. The second-order valence-electron chi connectivity index (χ2n) is 13.1. The molecule has 5 aliphatic carbocycles. The van der Waals surface area contributed by atoms with Crippen molar-refractivity contribution >= 4 is 17.5 Å². The zero-order valence-electron chi connectivity index (χ0n) is 21.0. The molecule has 0 aromatic rings. The van der Waals surface area contributed by atoms with Gasteiger partial charge in [-0.2, -0.15) is 0 Å². The molecule has 0 heterocycles. The van der Waals surface area contributed by atoms with Crippen LogP contribution in [-0.2, 0) is 14.4 Å². The number of aliphatic carboxylic acids is 1. The third-order valence-electron chi connectivity index (χ3n) is 11.5. The Morgan fingerprint density at radius 2 is 1.61 bits per heavy atom. The van der Waals surface area contributed by atoms with Gasteiger partial charge >= 0.3 is 5.97 Å². The molecule has 0 aromatic heterocycles. The number of rotatable bonds is 1. The minimum absolute atomic E-state index is 0.00547. The highest BCUT2D eigenvalue weighted by Crippen LogP contribution is 2.75. The number of carbonyl (C=O) groups excluding carboxylic acids is 2. The monoisotopic (exact) mass is 450 g/mol. The van der Waals surface area contributed by atoms with Crippen LogP contribution in [0, 0.1) is 38.9 Å². The van der Waals surface area contributed by atoms with Gasteiger partial charge in [0.1, 0.15) is 0 Å². The normalized spacial score (nSPS) is 49.0. The van der Waals surface area contributed by atoms with Gasteiger partial charge in [-0.3, -0.25) is 14.4 Å². The lowest BCUT2D eigenvalue weighted by atomic mass is 9.34. The third-order valence-corrected chi connectivity index (χ3v) is 11.5. The first-order valence-electron chi connectivity index (χ1n) is 12.7. The summed E-state index contributed by atoms with van der Waals surface area (Å²) in [6.07, 6.45) is 12.6. The first kappa shape index (κ1) is 22.8. The van der Waals surface area contributed by atoms with Crippen LogP contribution in [0.25, 0.3) is 0 Å². The third kappa shape index (κ3) is 2.67. The Hall–Kier alpha value is -1.97. The van der Waals surface area contributed by atoms with Crippen LogP contribution in [0.1, 0.15) is 86.5 Å². The zero-order chi connectivity index (χ0) is 24.2. The minimum Gasteiger partial charge on any atom is -0.481 e. The summed E-state index contributed by atoms with van der Waals surface area (Å²) in [6, 6.07) is 0. The SMILES string of the molecule is CC1C(=O)C(=O)C=C2C1=CC=C1C2(C)CCC2(C)C3CC(C)(C(=O)O)CCC3(C)CCC12C. The molecule has 0 bridgehead atoms. The first-order valence-corrected chi connectivity index (χ1v) is 12.7. The Bertz CT molecular complexity index is 1080. The van der Waals surface area contributed by atoms with Gasteiger partial charge in [-0.05, 0) is 91.3 Å². The number of carboxylic acids is 1. The van der Waals surface area contributed by atoms with Crippen LogP contribution in [-0.4, -0.2) is 22.6 Å². The number of carboxylic acid groups (broad SMARTS) is 1. The van der Waals surface area contributed by atoms with Gasteiger partial charge in [0.2, 0.25) is 11.6 Å². The Labute approximate surface area is 197 Å². The maximum atomic E-state index is 12.5. The quantitative estimate of drug-likeness (QED) is 0.492. The van der Waals surface area contributed by atoms with Crippen molar-refractivity contribution in [2.75, 3.05) is 0 Å². The molecule has 33 heavy (non-hydrogen) atoms. The lowest BCUT2D eigenvalue weighted by molar-refractivity contribution is -0.178. The van der Waals surface area contributed by atoms with Crippen LogP contribution in [0.15, 0.2) is 34.9 Å². The summed E-state index contributed by atoms with van der Waals surface area (Å²) in [7, 11) is 0. The molecule has 0 radical (unpaired) electrons. The van der Waals surface area contributed by atoms with E-state index in [0.717, 1.165) is 56.1 Å². The largest absolute Gasteiger partial charge is 0.481 e. The predicted octanol–water partition coefficient (Wildman–Crippen LogP) is 6.07. The maximum Gasteiger partial charge on any atom is 0.309 e. The Morgan fingerprint density at radius 1 is 0.939 bits per heavy atom. The number of Topliss-reactive ketones (excluding diaryl/α,β-unsaturated/α-hetero) is 1. The molecule has 0 amide bonds. The van der Waals surface area contributed by atoms with Gasteiger partial charge in [-0.15, -0.1) is 0 Å². The van der Waals surface area contributed by atoms with Crippen molar-refractivity contribution < 1.29 is 19.5 Å². The summed E-state index contributed by atoms with van der Waals surface area (Å²) in [6.45, 7) is 13.3.